The van der Waals surface area contributed by atoms with Gasteiger partial charge in [0.05, 0.1) is 22.5 Å². The molecule has 32 heavy (non-hydrogen) atoms. The molecule has 0 fully saturated rings. The molecule has 1 aliphatic heterocycles. The normalized spacial score (nSPS) is 13.6. The standard InChI is InChI=1S/C24H20N2O5S/c27-21(20-11-6-14-32-20)25-19(15-16-7-2-1-3-8-16)24(30)31-13-12-26-22(28)17-9-4-5-10-18(17)23(26)29/h1-11,14,19H,12-13,15H2,(H,25,27)/t19-/m1/s1. The predicted molar refractivity (Wildman–Crippen MR) is 118 cm³/mol. The molecule has 1 atom stereocenters. The summed E-state index contributed by atoms with van der Waals surface area (Å²) >= 11 is 1.27. The molecule has 2 heterocycles. The molecule has 3 aromatic rings. The first-order valence-corrected chi connectivity index (χ1v) is 10.9. The van der Waals surface area contributed by atoms with Crippen LogP contribution in [0.3, 0.4) is 0 Å². The van der Waals surface area contributed by atoms with E-state index in [9.17, 15) is 19.2 Å². The summed E-state index contributed by atoms with van der Waals surface area (Å²) in [7, 11) is 0. The fraction of sp³-hybridized carbons (Fsp3) is 0.167. The number of carbonyl (C=O) groups excluding carboxylic acids is 4. The van der Waals surface area contributed by atoms with Crippen LogP contribution in [0.2, 0.25) is 0 Å². The van der Waals surface area contributed by atoms with Crippen molar-refractivity contribution in [2.45, 2.75) is 12.5 Å². The fourth-order valence-electron chi connectivity index (χ4n) is 3.46. The van der Waals surface area contributed by atoms with E-state index >= 15 is 0 Å². The van der Waals surface area contributed by atoms with Gasteiger partial charge in [-0.05, 0) is 29.1 Å². The summed E-state index contributed by atoms with van der Waals surface area (Å²) in [6, 6.07) is 18.4. The van der Waals surface area contributed by atoms with Gasteiger partial charge in [-0.25, -0.2) is 4.79 Å². The van der Waals surface area contributed by atoms with E-state index in [0.29, 0.717) is 16.0 Å². The Morgan fingerprint density at radius 3 is 2.19 bits per heavy atom. The maximum atomic E-state index is 12.8. The van der Waals surface area contributed by atoms with E-state index in [0.717, 1.165) is 10.5 Å². The number of carbonyl (C=O) groups is 4. The number of esters is 1. The Morgan fingerprint density at radius 1 is 0.906 bits per heavy atom. The monoisotopic (exact) mass is 448 g/mol. The number of ether oxygens (including phenoxy) is 1. The van der Waals surface area contributed by atoms with Crippen LogP contribution in [-0.4, -0.2) is 47.8 Å². The van der Waals surface area contributed by atoms with Gasteiger partial charge in [0.15, 0.2) is 0 Å². The van der Waals surface area contributed by atoms with E-state index < -0.39 is 23.8 Å². The summed E-state index contributed by atoms with van der Waals surface area (Å²) in [5.74, 6) is -1.81. The van der Waals surface area contributed by atoms with Crippen LogP contribution in [0.1, 0.15) is 36.0 Å². The maximum Gasteiger partial charge on any atom is 0.329 e. The molecule has 0 saturated carbocycles. The van der Waals surface area contributed by atoms with E-state index in [1.807, 2.05) is 30.3 Å². The molecule has 3 amide bonds. The van der Waals surface area contributed by atoms with Crippen molar-refractivity contribution < 1.29 is 23.9 Å². The van der Waals surface area contributed by atoms with Crippen molar-refractivity contribution in [3.63, 3.8) is 0 Å². The van der Waals surface area contributed by atoms with Gasteiger partial charge in [-0.3, -0.25) is 19.3 Å². The zero-order valence-corrected chi connectivity index (χ0v) is 17.8. The lowest BCUT2D eigenvalue weighted by Crippen LogP contribution is -2.44. The van der Waals surface area contributed by atoms with E-state index in [2.05, 4.69) is 5.32 Å². The smallest absolute Gasteiger partial charge is 0.329 e. The van der Waals surface area contributed by atoms with Crippen LogP contribution in [0.15, 0.2) is 72.1 Å². The van der Waals surface area contributed by atoms with Crippen LogP contribution >= 0.6 is 11.3 Å². The van der Waals surface area contributed by atoms with E-state index in [4.69, 9.17) is 4.74 Å². The average Bonchev–Trinajstić information content (AvgIpc) is 3.43. The third-order valence-electron chi connectivity index (χ3n) is 5.05. The Bertz CT molecular complexity index is 1110. The predicted octanol–water partition coefficient (Wildman–Crippen LogP) is 2.93. The first kappa shape index (κ1) is 21.5. The summed E-state index contributed by atoms with van der Waals surface area (Å²) in [5.41, 5.74) is 1.55. The number of amides is 3. The lowest BCUT2D eigenvalue weighted by molar-refractivity contribution is -0.146. The first-order chi connectivity index (χ1) is 15.5. The number of nitrogens with one attached hydrogen (secondary N) is 1. The average molecular weight is 449 g/mol. The molecular formula is C24H20N2O5S. The highest BCUT2D eigenvalue weighted by atomic mass is 32.1. The van der Waals surface area contributed by atoms with Crippen LogP contribution < -0.4 is 5.32 Å². The number of fused-ring (bicyclic) bond motifs is 1. The van der Waals surface area contributed by atoms with Crippen molar-refractivity contribution in [3.8, 4) is 0 Å². The summed E-state index contributed by atoms with van der Waals surface area (Å²) in [6.07, 6.45) is 0.254. The molecule has 0 aliphatic carbocycles. The Hall–Kier alpha value is -3.78. The second-order valence-electron chi connectivity index (χ2n) is 7.17. The first-order valence-electron chi connectivity index (χ1n) is 10.0. The molecule has 0 spiro atoms. The zero-order chi connectivity index (χ0) is 22.5. The van der Waals surface area contributed by atoms with E-state index in [1.165, 1.54) is 11.3 Å². The molecular weight excluding hydrogens is 428 g/mol. The summed E-state index contributed by atoms with van der Waals surface area (Å²) in [5, 5.41) is 4.51. The Kier molecular flexibility index (Phi) is 6.42. The summed E-state index contributed by atoms with van der Waals surface area (Å²) in [6.45, 7) is -0.223. The van der Waals surface area contributed by atoms with Crippen molar-refractivity contribution in [2.24, 2.45) is 0 Å². The van der Waals surface area contributed by atoms with Crippen molar-refractivity contribution in [2.75, 3.05) is 13.2 Å². The van der Waals surface area contributed by atoms with E-state index in [1.54, 1.807) is 41.8 Å². The highest BCUT2D eigenvalue weighted by Gasteiger charge is 2.35. The number of imide groups is 1. The SMILES string of the molecule is O=C(N[C@H](Cc1ccccc1)C(=O)OCCN1C(=O)c2ccccc2C1=O)c1cccs1. The van der Waals surface area contributed by atoms with Crippen molar-refractivity contribution in [1.82, 2.24) is 10.2 Å². The van der Waals surface area contributed by atoms with Gasteiger partial charge in [-0.15, -0.1) is 11.3 Å². The van der Waals surface area contributed by atoms with Gasteiger partial charge in [0.2, 0.25) is 0 Å². The van der Waals surface area contributed by atoms with Gasteiger partial charge in [0.25, 0.3) is 17.7 Å². The molecule has 8 heteroatoms. The Morgan fingerprint density at radius 2 is 1.56 bits per heavy atom. The summed E-state index contributed by atoms with van der Waals surface area (Å²) in [4.78, 5) is 51.7. The molecule has 1 aliphatic rings. The topological polar surface area (TPSA) is 92.8 Å². The van der Waals surface area contributed by atoms with Gasteiger partial charge in [0.1, 0.15) is 12.6 Å². The van der Waals surface area contributed by atoms with Gasteiger partial charge in [0, 0.05) is 6.42 Å². The molecule has 4 rings (SSSR count). The molecule has 1 N–H and O–H groups in total. The van der Waals surface area contributed by atoms with E-state index in [-0.39, 0.29) is 25.5 Å². The second kappa shape index (κ2) is 9.57. The largest absolute Gasteiger partial charge is 0.462 e. The minimum Gasteiger partial charge on any atom is -0.462 e. The fourth-order valence-corrected chi connectivity index (χ4v) is 4.09. The number of benzene rings is 2. The Labute approximate surface area is 188 Å². The number of thiophene rings is 1. The van der Waals surface area contributed by atoms with Crippen molar-refractivity contribution in [1.29, 1.82) is 0 Å². The maximum absolute atomic E-state index is 12.8. The molecule has 0 radical (unpaired) electrons. The van der Waals surface area contributed by atoms with Crippen LogP contribution in [0.4, 0.5) is 0 Å². The number of hydrogen-bond donors (Lipinski definition) is 1. The van der Waals surface area contributed by atoms with Crippen LogP contribution in [-0.2, 0) is 16.0 Å². The number of hydrogen-bond acceptors (Lipinski definition) is 6. The van der Waals surface area contributed by atoms with Gasteiger partial charge in [-0.1, -0.05) is 48.5 Å². The summed E-state index contributed by atoms with van der Waals surface area (Å²) < 4.78 is 5.36. The highest BCUT2D eigenvalue weighted by molar-refractivity contribution is 7.12. The lowest BCUT2D eigenvalue weighted by atomic mass is 10.1. The van der Waals surface area contributed by atoms with Crippen LogP contribution in [0, 0.1) is 0 Å². The quantitative estimate of drug-likeness (QED) is 0.423. The van der Waals surface area contributed by atoms with Gasteiger partial charge in [-0.2, -0.15) is 0 Å². The highest BCUT2D eigenvalue weighted by Crippen LogP contribution is 2.22. The third-order valence-corrected chi connectivity index (χ3v) is 5.92. The minimum atomic E-state index is -0.908. The molecule has 162 valence electrons. The zero-order valence-electron chi connectivity index (χ0n) is 17.0. The van der Waals surface area contributed by atoms with Gasteiger partial charge >= 0.3 is 5.97 Å². The molecule has 7 nitrogen and oxygen atoms in total. The molecule has 0 saturated heterocycles. The van der Waals surface area contributed by atoms with Crippen LogP contribution in [0.25, 0.3) is 0 Å². The third kappa shape index (κ3) is 4.60. The number of rotatable bonds is 8. The van der Waals surface area contributed by atoms with Crippen LogP contribution in [0.5, 0.6) is 0 Å². The van der Waals surface area contributed by atoms with Crippen molar-refractivity contribution in [3.05, 3.63) is 93.7 Å². The molecule has 2 aromatic carbocycles. The molecule has 1 aromatic heterocycles. The lowest BCUT2D eigenvalue weighted by Gasteiger charge is -2.19. The second-order valence-corrected chi connectivity index (χ2v) is 8.12. The van der Waals surface area contributed by atoms with Gasteiger partial charge < -0.3 is 10.1 Å². The molecule has 0 bridgehead atoms. The minimum absolute atomic E-state index is 0.0605. The molecule has 0 unspecified atom stereocenters. The Balaban J connectivity index is 1.39. The van der Waals surface area contributed by atoms with Crippen molar-refractivity contribution >= 4 is 35.0 Å². The number of nitrogens with zero attached hydrogens (tertiary/aromatic N) is 1.